The van der Waals surface area contributed by atoms with Gasteiger partial charge in [0.25, 0.3) is 11.0 Å². The summed E-state index contributed by atoms with van der Waals surface area (Å²) in [7, 11) is 1.36. The molecule has 4 atom stereocenters. The molecule has 0 aromatic carbocycles. The molecule has 146 valence electrons. The number of aromatic nitrogens is 1. The molecule has 1 amide bonds. The summed E-state index contributed by atoms with van der Waals surface area (Å²) in [5.41, 5.74) is 3.41. The maximum absolute atomic E-state index is 11.8. The van der Waals surface area contributed by atoms with Crippen LogP contribution in [0.2, 0.25) is 0 Å². The fourth-order valence-corrected chi connectivity index (χ4v) is 4.56. The van der Waals surface area contributed by atoms with Gasteiger partial charge in [-0.3, -0.25) is 4.79 Å². The number of rotatable bonds is 5. The highest BCUT2D eigenvalue weighted by molar-refractivity contribution is 6.34. The maximum Gasteiger partial charge on any atom is 0.361 e. The molecule has 0 spiro atoms. The van der Waals surface area contributed by atoms with Crippen LogP contribution in [0.15, 0.2) is 53.0 Å². The molecular formula is C18H21Cl2N2O5+. The average Bonchev–Trinajstić information content (AvgIpc) is 3.04. The molecule has 27 heavy (non-hydrogen) atoms. The third-order valence-corrected chi connectivity index (χ3v) is 5.81. The van der Waals surface area contributed by atoms with E-state index in [0.717, 1.165) is 0 Å². The standard InChI is InChI=1S/C18H20Cl2N2O5/c1-26-18(22-7-3-2-4-8-22)14(19)10-13(16(21)25)15(24)17(18,20)27-12-6-5-11(23)9-12/h2-4,7-8,10-12,23H,5-6,9H2,1H3,(H2-,21,24,25)/p+1/t11-,12-,17?,18?/m1/s1. The van der Waals surface area contributed by atoms with Gasteiger partial charge >= 0.3 is 5.72 Å². The van der Waals surface area contributed by atoms with Crippen LogP contribution in [0.5, 0.6) is 0 Å². The Bertz CT molecular complexity index is 800. The second-order valence-electron chi connectivity index (χ2n) is 6.55. The number of pyridine rings is 1. The number of hydrogen-bond donors (Lipinski definition) is 3. The smallest absolute Gasteiger partial charge is 0.361 e. The Morgan fingerprint density at radius 1 is 1.33 bits per heavy atom. The first-order valence-corrected chi connectivity index (χ1v) is 9.19. The van der Waals surface area contributed by atoms with Gasteiger partial charge < -0.3 is 25.4 Å². The maximum atomic E-state index is 11.8. The number of nitrogens with zero attached hydrogens (tertiary/aromatic N) is 1. The van der Waals surface area contributed by atoms with Gasteiger partial charge in [-0.25, -0.2) is 0 Å². The number of alkyl halides is 1. The molecule has 3 rings (SSSR count). The molecule has 7 nitrogen and oxygen atoms in total. The molecule has 2 aliphatic rings. The van der Waals surface area contributed by atoms with E-state index < -0.39 is 34.7 Å². The van der Waals surface area contributed by atoms with Crippen molar-refractivity contribution in [2.45, 2.75) is 42.3 Å². The molecule has 2 unspecified atom stereocenters. The Balaban J connectivity index is 2.20. The number of aliphatic hydroxyl groups is 2. The van der Waals surface area contributed by atoms with E-state index in [1.165, 1.54) is 17.8 Å². The molecule has 0 bridgehead atoms. The summed E-state index contributed by atoms with van der Waals surface area (Å²) in [4.78, 5) is 11.8. The van der Waals surface area contributed by atoms with Gasteiger partial charge in [-0.1, -0.05) is 29.3 Å². The third kappa shape index (κ3) is 3.13. The first-order chi connectivity index (χ1) is 12.8. The average molecular weight is 416 g/mol. The molecule has 0 aliphatic heterocycles. The summed E-state index contributed by atoms with van der Waals surface area (Å²) in [5, 5.41) is 18.6. The molecule has 1 aromatic heterocycles. The van der Waals surface area contributed by atoms with E-state index in [-0.39, 0.29) is 10.6 Å². The number of primary amides is 1. The topological polar surface area (TPSA) is 106 Å². The molecule has 1 heterocycles. The highest BCUT2D eigenvalue weighted by atomic mass is 35.5. The van der Waals surface area contributed by atoms with Crippen LogP contribution >= 0.6 is 23.2 Å². The summed E-state index contributed by atoms with van der Waals surface area (Å²) in [6.07, 6.45) is 4.88. The van der Waals surface area contributed by atoms with Crippen LogP contribution < -0.4 is 10.3 Å². The zero-order chi connectivity index (χ0) is 19.8. The Labute approximate surface area is 166 Å². The van der Waals surface area contributed by atoms with Gasteiger partial charge in [-0.15, -0.1) is 0 Å². The van der Waals surface area contributed by atoms with Crippen LogP contribution in [0.25, 0.3) is 0 Å². The van der Waals surface area contributed by atoms with Gasteiger partial charge in [0, 0.05) is 19.2 Å². The van der Waals surface area contributed by atoms with Crippen molar-refractivity contribution >= 4 is 29.1 Å². The highest BCUT2D eigenvalue weighted by Crippen LogP contribution is 2.51. The van der Waals surface area contributed by atoms with Crippen LogP contribution in [-0.4, -0.2) is 40.5 Å². The fraction of sp³-hybridized carbons (Fsp3) is 0.444. The van der Waals surface area contributed by atoms with E-state index in [4.69, 9.17) is 38.4 Å². The predicted molar refractivity (Wildman–Crippen MR) is 97.7 cm³/mol. The number of halogens is 2. The van der Waals surface area contributed by atoms with Crippen molar-refractivity contribution in [3.8, 4) is 0 Å². The quantitative estimate of drug-likeness (QED) is 0.499. The van der Waals surface area contributed by atoms with E-state index in [1.807, 2.05) is 0 Å². The van der Waals surface area contributed by atoms with Crippen molar-refractivity contribution in [2.24, 2.45) is 5.73 Å². The van der Waals surface area contributed by atoms with Crippen molar-refractivity contribution in [1.82, 2.24) is 0 Å². The largest absolute Gasteiger partial charge is 0.507 e. The van der Waals surface area contributed by atoms with Crippen molar-refractivity contribution < 1.29 is 29.0 Å². The van der Waals surface area contributed by atoms with Crippen LogP contribution in [0, 0.1) is 0 Å². The Hall–Kier alpha value is -1.64. The summed E-state index contributed by atoms with van der Waals surface area (Å²) < 4.78 is 13.3. The van der Waals surface area contributed by atoms with Crippen molar-refractivity contribution in [3.63, 3.8) is 0 Å². The predicted octanol–water partition coefficient (Wildman–Crippen LogP) is 1.57. The van der Waals surface area contributed by atoms with Gasteiger partial charge in [0.05, 0.1) is 17.8 Å². The monoisotopic (exact) mass is 415 g/mol. The Kier molecular flexibility index (Phi) is 5.52. The third-order valence-electron chi connectivity index (χ3n) is 4.92. The molecule has 2 aliphatic carbocycles. The molecule has 9 heteroatoms. The first-order valence-electron chi connectivity index (χ1n) is 8.44. The highest BCUT2D eigenvalue weighted by Gasteiger charge is 2.69. The summed E-state index contributed by atoms with van der Waals surface area (Å²) in [6, 6.07) is 5.24. The molecule has 0 radical (unpaired) electrons. The number of ether oxygens (including phenoxy) is 2. The van der Waals surface area contributed by atoms with Crippen LogP contribution in [-0.2, 0) is 20.0 Å². The van der Waals surface area contributed by atoms with E-state index in [2.05, 4.69) is 0 Å². The minimum absolute atomic E-state index is 0.00125. The number of carbonyl (C=O) groups excluding carboxylic acids is 1. The Morgan fingerprint density at radius 3 is 2.52 bits per heavy atom. The fourth-order valence-electron chi connectivity index (χ4n) is 3.59. The van der Waals surface area contributed by atoms with Gasteiger partial charge in [0.15, 0.2) is 18.2 Å². The molecule has 1 saturated carbocycles. The lowest BCUT2D eigenvalue weighted by Crippen LogP contribution is -2.71. The van der Waals surface area contributed by atoms with Gasteiger partial charge in [-0.05, 0) is 25.3 Å². The van der Waals surface area contributed by atoms with Crippen LogP contribution in [0.4, 0.5) is 0 Å². The minimum atomic E-state index is -2.08. The number of nitrogens with two attached hydrogens (primary N) is 1. The van der Waals surface area contributed by atoms with Crippen molar-refractivity contribution in [1.29, 1.82) is 0 Å². The van der Waals surface area contributed by atoms with Crippen molar-refractivity contribution in [2.75, 3.05) is 7.11 Å². The normalized spacial score (nSPS) is 33.9. The number of carbonyl (C=O) groups is 1. The van der Waals surface area contributed by atoms with Gasteiger partial charge in [0.1, 0.15) is 5.03 Å². The number of amides is 1. The molecule has 1 aromatic rings. The summed E-state index contributed by atoms with van der Waals surface area (Å²) in [5.74, 6) is -1.51. The first kappa shape index (κ1) is 20.1. The number of hydrogen-bond acceptors (Lipinski definition) is 5. The van der Waals surface area contributed by atoms with E-state index in [0.29, 0.717) is 19.3 Å². The number of aliphatic hydroxyl groups excluding tert-OH is 2. The molecule has 4 N–H and O–H groups in total. The van der Waals surface area contributed by atoms with Gasteiger partial charge in [-0.2, -0.15) is 4.57 Å². The van der Waals surface area contributed by atoms with E-state index >= 15 is 0 Å². The molecule has 0 saturated heterocycles. The van der Waals surface area contributed by atoms with Crippen LogP contribution in [0.3, 0.4) is 0 Å². The SMILES string of the molecule is COC1([n+]2ccccc2)C(Cl)=CC(C(N)=O)=C(O)C1(Cl)O[C@@H]1CC[C@@H](O)C1. The summed E-state index contributed by atoms with van der Waals surface area (Å²) in [6.45, 7) is 0. The van der Waals surface area contributed by atoms with Crippen LogP contribution in [0.1, 0.15) is 19.3 Å². The van der Waals surface area contributed by atoms with E-state index in [9.17, 15) is 15.0 Å². The second kappa shape index (κ2) is 7.41. The van der Waals surface area contributed by atoms with Gasteiger partial charge in [0.2, 0.25) is 0 Å². The number of methoxy groups -OCH3 is 1. The molecule has 1 fully saturated rings. The lowest BCUT2D eigenvalue weighted by molar-refractivity contribution is -0.808. The lowest BCUT2D eigenvalue weighted by atomic mass is 9.91. The second-order valence-corrected chi connectivity index (χ2v) is 7.49. The van der Waals surface area contributed by atoms with Crippen molar-refractivity contribution in [3.05, 3.63) is 53.0 Å². The zero-order valence-corrected chi connectivity index (χ0v) is 16.2. The Morgan fingerprint density at radius 2 is 2.00 bits per heavy atom. The minimum Gasteiger partial charge on any atom is -0.507 e. The van der Waals surface area contributed by atoms with E-state index in [1.54, 1.807) is 30.6 Å². The lowest BCUT2D eigenvalue weighted by Gasteiger charge is -2.42. The molecular weight excluding hydrogens is 395 g/mol. The summed E-state index contributed by atoms with van der Waals surface area (Å²) >= 11 is 13.4. The zero-order valence-electron chi connectivity index (χ0n) is 14.6.